The summed E-state index contributed by atoms with van der Waals surface area (Å²) >= 11 is 3.88. The first-order valence-corrected chi connectivity index (χ1v) is 11.6. The largest absolute Gasteiger partial charge is 0.462 e. The highest BCUT2D eigenvalue weighted by Crippen LogP contribution is 2.67. The summed E-state index contributed by atoms with van der Waals surface area (Å²) in [7, 11) is 0. The topological polar surface area (TPSA) is 43.4 Å². The predicted octanol–water partition coefficient (Wildman–Crippen LogP) is 5.46. The lowest BCUT2D eigenvalue weighted by Crippen LogP contribution is -2.51. The average molecular weight is 437 g/mol. The van der Waals surface area contributed by atoms with Crippen LogP contribution in [0.15, 0.2) is 11.6 Å². The van der Waals surface area contributed by atoms with E-state index < -0.39 is 0 Å². The highest BCUT2D eigenvalue weighted by atomic mass is 79.9. The van der Waals surface area contributed by atoms with Gasteiger partial charge in [-0.25, -0.2) is 0 Å². The van der Waals surface area contributed by atoms with Gasteiger partial charge in [-0.05, 0) is 74.0 Å². The number of halogens is 1. The molecule has 8 atom stereocenters. The molecule has 0 amide bonds. The number of hydrogen-bond acceptors (Lipinski definition) is 3. The van der Waals surface area contributed by atoms with Gasteiger partial charge in [-0.2, -0.15) is 0 Å². The molecule has 0 spiro atoms. The molecule has 0 aliphatic heterocycles. The zero-order chi connectivity index (χ0) is 19.6. The zero-order valence-electron chi connectivity index (χ0n) is 17.1. The van der Waals surface area contributed by atoms with Gasteiger partial charge in [-0.15, -0.1) is 0 Å². The van der Waals surface area contributed by atoms with Crippen LogP contribution in [-0.4, -0.2) is 22.7 Å². The molecule has 3 unspecified atom stereocenters. The molecule has 3 saturated carbocycles. The Hall–Kier alpha value is -0.640. The molecule has 4 heteroatoms. The minimum Gasteiger partial charge on any atom is -0.462 e. The van der Waals surface area contributed by atoms with Crippen LogP contribution in [0.5, 0.6) is 0 Å². The first kappa shape index (κ1) is 19.7. The lowest BCUT2D eigenvalue weighted by Gasteiger charge is -2.58. The van der Waals surface area contributed by atoms with E-state index in [2.05, 4.69) is 35.9 Å². The van der Waals surface area contributed by atoms with Crippen molar-refractivity contribution in [2.24, 2.45) is 34.5 Å². The Bertz CT molecular complexity index is 685. The van der Waals surface area contributed by atoms with Crippen molar-refractivity contribution in [1.29, 1.82) is 0 Å². The van der Waals surface area contributed by atoms with Crippen LogP contribution in [0.4, 0.5) is 0 Å². The number of ketones is 1. The Labute approximate surface area is 171 Å². The van der Waals surface area contributed by atoms with E-state index in [0.29, 0.717) is 28.4 Å². The maximum absolute atomic E-state index is 12.4. The minimum atomic E-state index is -0.157. The first-order chi connectivity index (χ1) is 12.7. The van der Waals surface area contributed by atoms with Gasteiger partial charge < -0.3 is 4.74 Å². The Kier molecular flexibility index (Phi) is 4.89. The molecule has 0 aromatic carbocycles. The lowest BCUT2D eigenvalue weighted by atomic mass is 9.47. The van der Waals surface area contributed by atoms with Crippen molar-refractivity contribution in [1.82, 2.24) is 0 Å². The van der Waals surface area contributed by atoms with Crippen LogP contribution in [0, 0.1) is 34.5 Å². The summed E-state index contributed by atoms with van der Waals surface area (Å²) in [5, 5.41) is 0. The smallest absolute Gasteiger partial charge is 0.302 e. The number of carbonyl (C=O) groups excluding carboxylic acids is 2. The summed E-state index contributed by atoms with van der Waals surface area (Å²) in [5.74, 6) is 2.40. The standard InChI is InChI=1S/C23H33BrO3/c1-13(25)21-20(24)12-19-17-6-5-15-11-16(27-14(2)26)7-9-22(15,3)18(17)8-10-23(19,21)4/h5,16-21H,6-12H2,1-4H3/t16-,17?,18?,19?,20+,21-,22-,23-/m0/s1. The van der Waals surface area contributed by atoms with E-state index in [9.17, 15) is 9.59 Å². The molecule has 0 radical (unpaired) electrons. The maximum atomic E-state index is 12.4. The molecular weight excluding hydrogens is 404 g/mol. The number of esters is 1. The fraction of sp³-hybridized carbons (Fsp3) is 0.826. The normalized spacial score (nSPS) is 48.7. The molecule has 4 aliphatic carbocycles. The minimum absolute atomic E-state index is 0.0627. The summed E-state index contributed by atoms with van der Waals surface area (Å²) < 4.78 is 5.54. The fourth-order valence-electron chi connectivity index (χ4n) is 7.65. The van der Waals surface area contributed by atoms with Gasteiger partial charge in [0.25, 0.3) is 0 Å². The molecule has 0 bridgehead atoms. The summed E-state index contributed by atoms with van der Waals surface area (Å²) in [6, 6.07) is 0. The van der Waals surface area contributed by atoms with E-state index in [4.69, 9.17) is 4.74 Å². The molecule has 0 aromatic rings. The third kappa shape index (κ3) is 2.96. The molecule has 4 rings (SSSR count). The zero-order valence-corrected chi connectivity index (χ0v) is 18.7. The van der Waals surface area contributed by atoms with Gasteiger partial charge >= 0.3 is 5.97 Å². The van der Waals surface area contributed by atoms with Gasteiger partial charge in [0.1, 0.15) is 11.9 Å². The molecule has 0 heterocycles. The van der Waals surface area contributed by atoms with Crippen LogP contribution >= 0.6 is 15.9 Å². The van der Waals surface area contributed by atoms with Gasteiger partial charge in [-0.1, -0.05) is 41.4 Å². The van der Waals surface area contributed by atoms with Gasteiger partial charge in [-0.3, -0.25) is 9.59 Å². The number of allylic oxidation sites excluding steroid dienone is 1. The number of fused-ring (bicyclic) bond motifs is 5. The molecule has 0 aromatic heterocycles. The van der Waals surface area contributed by atoms with E-state index in [1.807, 2.05) is 0 Å². The first-order valence-electron chi connectivity index (χ1n) is 10.7. The van der Waals surface area contributed by atoms with Crippen LogP contribution < -0.4 is 0 Å². The SMILES string of the molecule is CC(=O)O[C@H]1CC[C@@]2(C)C(=CCC3C2CC[C@@]2(C)C3C[C@@H](Br)[C@@H]2C(C)=O)C1. The third-order valence-corrected chi connectivity index (χ3v) is 9.72. The van der Waals surface area contributed by atoms with Crippen molar-refractivity contribution in [3.05, 3.63) is 11.6 Å². The fourth-order valence-corrected chi connectivity index (χ4v) is 9.03. The summed E-state index contributed by atoms with van der Waals surface area (Å²) in [4.78, 5) is 24.1. The summed E-state index contributed by atoms with van der Waals surface area (Å²) in [6.45, 7) is 8.16. The molecule has 3 fully saturated rings. The third-order valence-electron chi connectivity index (χ3n) is 8.82. The molecule has 0 saturated heterocycles. The number of alkyl halides is 1. The second kappa shape index (κ2) is 6.71. The highest BCUT2D eigenvalue weighted by Gasteiger charge is 2.61. The van der Waals surface area contributed by atoms with Gasteiger partial charge in [0, 0.05) is 24.1 Å². The molecule has 150 valence electrons. The Balaban J connectivity index is 1.61. The van der Waals surface area contributed by atoms with Crippen LogP contribution in [0.2, 0.25) is 0 Å². The highest BCUT2D eigenvalue weighted by molar-refractivity contribution is 9.09. The van der Waals surface area contributed by atoms with Gasteiger partial charge in [0.15, 0.2) is 0 Å². The van der Waals surface area contributed by atoms with E-state index in [-0.39, 0.29) is 28.8 Å². The van der Waals surface area contributed by atoms with E-state index in [1.165, 1.54) is 25.3 Å². The molecule has 27 heavy (non-hydrogen) atoms. The summed E-state index contributed by atoms with van der Waals surface area (Å²) in [5.41, 5.74) is 1.93. The maximum Gasteiger partial charge on any atom is 0.302 e. The molecule has 3 nitrogen and oxygen atoms in total. The van der Waals surface area contributed by atoms with Crippen molar-refractivity contribution in [3.63, 3.8) is 0 Å². The predicted molar refractivity (Wildman–Crippen MR) is 110 cm³/mol. The number of ether oxygens (including phenoxy) is 1. The Morgan fingerprint density at radius 3 is 2.56 bits per heavy atom. The number of Topliss-reactive ketones (excluding diaryl/α,β-unsaturated/α-hetero) is 1. The second-order valence-electron chi connectivity index (χ2n) is 10.1. The quantitative estimate of drug-likeness (QED) is 0.327. The van der Waals surface area contributed by atoms with Crippen LogP contribution in [0.3, 0.4) is 0 Å². The van der Waals surface area contributed by atoms with Gasteiger partial charge in [0.2, 0.25) is 0 Å². The van der Waals surface area contributed by atoms with Crippen LogP contribution in [-0.2, 0) is 14.3 Å². The van der Waals surface area contributed by atoms with E-state index in [0.717, 1.165) is 32.1 Å². The number of rotatable bonds is 2. The lowest BCUT2D eigenvalue weighted by molar-refractivity contribution is -0.149. The summed E-state index contributed by atoms with van der Waals surface area (Å²) in [6.07, 6.45) is 10.2. The molecule has 4 aliphatic rings. The molecular formula is C23H33BrO3. The van der Waals surface area contributed by atoms with Crippen LogP contribution in [0.1, 0.15) is 72.6 Å². The second-order valence-corrected chi connectivity index (χ2v) is 11.3. The van der Waals surface area contributed by atoms with E-state index in [1.54, 1.807) is 6.92 Å². The van der Waals surface area contributed by atoms with Crippen molar-refractivity contribution >= 4 is 27.7 Å². The Morgan fingerprint density at radius 1 is 1.15 bits per heavy atom. The van der Waals surface area contributed by atoms with Crippen molar-refractivity contribution in [3.8, 4) is 0 Å². The average Bonchev–Trinajstić information content (AvgIpc) is 2.85. The number of carbonyl (C=O) groups is 2. The van der Waals surface area contributed by atoms with Crippen LogP contribution in [0.25, 0.3) is 0 Å². The van der Waals surface area contributed by atoms with E-state index >= 15 is 0 Å². The van der Waals surface area contributed by atoms with Crippen molar-refractivity contribution in [2.75, 3.05) is 0 Å². The van der Waals surface area contributed by atoms with Crippen molar-refractivity contribution < 1.29 is 14.3 Å². The van der Waals surface area contributed by atoms with Crippen molar-refractivity contribution in [2.45, 2.75) is 83.6 Å². The monoisotopic (exact) mass is 436 g/mol. The Morgan fingerprint density at radius 2 is 1.89 bits per heavy atom. The molecule has 0 N–H and O–H groups in total. The van der Waals surface area contributed by atoms with Gasteiger partial charge in [0.05, 0.1) is 0 Å². The number of hydrogen-bond donors (Lipinski definition) is 0.